The highest BCUT2D eigenvalue weighted by atomic mass is 35.5. The zero-order chi connectivity index (χ0) is 16.7. The second kappa shape index (κ2) is 6.15. The third-order valence-electron chi connectivity index (χ3n) is 4.21. The van der Waals surface area contributed by atoms with Gasteiger partial charge in [-0.3, -0.25) is 0 Å². The summed E-state index contributed by atoms with van der Waals surface area (Å²) in [6, 6.07) is 14.9. The molecule has 4 nitrogen and oxygen atoms in total. The lowest BCUT2D eigenvalue weighted by Crippen LogP contribution is -2.24. The van der Waals surface area contributed by atoms with Crippen molar-refractivity contribution in [1.29, 1.82) is 0 Å². The molecule has 6 heteroatoms. The first-order valence-corrected chi connectivity index (χ1v) is 8.16. The average Bonchev–Trinajstić information content (AvgIpc) is 2.71. The van der Waals surface area contributed by atoms with Gasteiger partial charge in [-0.15, -0.1) is 0 Å². The molecule has 0 fully saturated rings. The highest BCUT2D eigenvalue weighted by Crippen LogP contribution is 2.46. The first kappa shape index (κ1) is 15.5. The van der Waals surface area contributed by atoms with E-state index in [4.69, 9.17) is 23.4 Å². The Morgan fingerprint density at radius 2 is 1.67 bits per heavy atom. The van der Waals surface area contributed by atoms with Crippen molar-refractivity contribution in [3.05, 3.63) is 82.8 Å². The minimum atomic E-state index is -1.06. The predicted molar refractivity (Wildman–Crippen MR) is 93.4 cm³/mol. The summed E-state index contributed by atoms with van der Waals surface area (Å²) in [5.74, 6) is 0. The van der Waals surface area contributed by atoms with Crippen LogP contribution in [0.25, 0.3) is 11.3 Å². The first-order valence-electron chi connectivity index (χ1n) is 7.44. The lowest BCUT2D eigenvalue weighted by molar-refractivity contribution is 0.0487. The Kier molecular flexibility index (Phi) is 3.98. The van der Waals surface area contributed by atoms with Crippen LogP contribution in [0.5, 0.6) is 0 Å². The number of aromatic nitrogens is 2. The highest BCUT2D eigenvalue weighted by molar-refractivity contribution is 6.31. The van der Waals surface area contributed by atoms with E-state index >= 15 is 0 Å². The smallest absolute Gasteiger partial charge is 0.151 e. The number of aliphatic hydroxyl groups excluding tert-OH is 1. The largest absolute Gasteiger partial charge is 0.373 e. The summed E-state index contributed by atoms with van der Waals surface area (Å²) in [5.41, 5.74) is 3.89. The number of nitrogens with zero attached hydrogens (tertiary/aromatic N) is 3. The summed E-state index contributed by atoms with van der Waals surface area (Å²) in [6.07, 6.45) is 2.00. The normalized spacial score (nSPS) is 20.1. The minimum Gasteiger partial charge on any atom is -0.373 e. The van der Waals surface area contributed by atoms with Gasteiger partial charge in [0.05, 0.1) is 11.7 Å². The molecule has 0 saturated heterocycles. The molecule has 1 N–H and O–H groups in total. The number of hydrogen-bond acceptors (Lipinski definition) is 4. The fourth-order valence-electron chi connectivity index (χ4n) is 3.11. The standard InChI is InChI=1S/C18H13Cl2N3O/c19-15-8-4-3-7-13(15)17-12-6-2-1-5-11(12)16-14(9-21-10-22-16)18(24)23(17)20/h1-10,17-18,24H. The van der Waals surface area contributed by atoms with Crippen LogP contribution >= 0.6 is 23.4 Å². The maximum Gasteiger partial charge on any atom is 0.151 e. The molecule has 2 unspecified atom stereocenters. The van der Waals surface area contributed by atoms with Crippen molar-refractivity contribution in [2.24, 2.45) is 0 Å². The number of benzene rings is 2. The predicted octanol–water partition coefficient (Wildman–Crippen LogP) is 4.35. The molecule has 2 atom stereocenters. The van der Waals surface area contributed by atoms with Crippen LogP contribution in [-0.2, 0) is 0 Å². The van der Waals surface area contributed by atoms with Crippen molar-refractivity contribution < 1.29 is 5.11 Å². The average molecular weight is 358 g/mol. The molecule has 24 heavy (non-hydrogen) atoms. The molecule has 1 aromatic heterocycles. The zero-order valence-corrected chi connectivity index (χ0v) is 14.0. The van der Waals surface area contributed by atoms with E-state index in [1.807, 2.05) is 48.5 Å². The second-order valence-electron chi connectivity index (χ2n) is 5.56. The SMILES string of the molecule is OC1c2cncnc2-c2ccccc2C(c2ccccc2Cl)N1Cl. The summed E-state index contributed by atoms with van der Waals surface area (Å²) < 4.78 is 1.37. The number of aliphatic hydroxyl groups is 1. The molecule has 0 bridgehead atoms. The molecule has 1 aliphatic rings. The molecule has 120 valence electrons. The highest BCUT2D eigenvalue weighted by Gasteiger charge is 2.36. The van der Waals surface area contributed by atoms with Gasteiger partial charge in [0.2, 0.25) is 0 Å². The molecular formula is C18H13Cl2N3O. The van der Waals surface area contributed by atoms with Crippen LogP contribution in [-0.4, -0.2) is 19.5 Å². The van der Waals surface area contributed by atoms with Crippen LogP contribution in [0.3, 0.4) is 0 Å². The molecule has 3 aromatic rings. The number of hydrogen-bond donors (Lipinski definition) is 1. The molecule has 2 heterocycles. The van der Waals surface area contributed by atoms with Crippen molar-refractivity contribution in [1.82, 2.24) is 14.4 Å². The fourth-order valence-corrected chi connectivity index (χ4v) is 3.66. The molecule has 0 spiro atoms. The zero-order valence-electron chi connectivity index (χ0n) is 12.5. The Labute approximate surface area is 149 Å². The maximum atomic E-state index is 10.8. The molecule has 0 aliphatic carbocycles. The molecule has 0 saturated carbocycles. The minimum absolute atomic E-state index is 0.416. The van der Waals surface area contributed by atoms with Crippen molar-refractivity contribution in [3.8, 4) is 11.3 Å². The van der Waals surface area contributed by atoms with E-state index in [0.717, 1.165) is 16.7 Å². The van der Waals surface area contributed by atoms with E-state index in [0.29, 0.717) is 16.3 Å². The van der Waals surface area contributed by atoms with Crippen LogP contribution < -0.4 is 0 Å². The molecule has 1 aliphatic heterocycles. The van der Waals surface area contributed by atoms with Crippen molar-refractivity contribution in [2.45, 2.75) is 12.3 Å². The van der Waals surface area contributed by atoms with Crippen LogP contribution in [0.15, 0.2) is 61.1 Å². The lowest BCUT2D eigenvalue weighted by atomic mass is 9.93. The van der Waals surface area contributed by atoms with Gasteiger partial charge in [-0.2, -0.15) is 4.42 Å². The lowest BCUT2D eigenvalue weighted by Gasteiger charge is -2.29. The van der Waals surface area contributed by atoms with Gasteiger partial charge in [0.15, 0.2) is 6.23 Å². The van der Waals surface area contributed by atoms with Gasteiger partial charge < -0.3 is 5.11 Å². The van der Waals surface area contributed by atoms with E-state index < -0.39 is 12.3 Å². The number of halogens is 2. The number of fused-ring (bicyclic) bond motifs is 3. The van der Waals surface area contributed by atoms with E-state index in [1.165, 1.54) is 10.7 Å². The van der Waals surface area contributed by atoms with Crippen molar-refractivity contribution in [2.75, 3.05) is 0 Å². The molecule has 2 aromatic carbocycles. The van der Waals surface area contributed by atoms with Gasteiger partial charge in [0, 0.05) is 22.3 Å². The Morgan fingerprint density at radius 1 is 0.958 bits per heavy atom. The van der Waals surface area contributed by atoms with Gasteiger partial charge in [0.25, 0.3) is 0 Å². The van der Waals surface area contributed by atoms with Gasteiger partial charge in [0.1, 0.15) is 6.33 Å². The van der Waals surface area contributed by atoms with Gasteiger partial charge in [-0.25, -0.2) is 9.97 Å². The van der Waals surface area contributed by atoms with Gasteiger partial charge in [-0.1, -0.05) is 54.1 Å². The summed E-state index contributed by atoms with van der Waals surface area (Å²) >= 11 is 13.0. The Bertz CT molecular complexity index is 903. The van der Waals surface area contributed by atoms with Crippen molar-refractivity contribution >= 4 is 23.4 Å². The van der Waals surface area contributed by atoms with Gasteiger partial charge >= 0.3 is 0 Å². The molecular weight excluding hydrogens is 345 g/mol. The quantitative estimate of drug-likeness (QED) is 0.657. The number of rotatable bonds is 1. The molecule has 4 rings (SSSR count). The summed E-state index contributed by atoms with van der Waals surface area (Å²) in [6.45, 7) is 0. The molecule has 0 radical (unpaired) electrons. The van der Waals surface area contributed by atoms with E-state index in [2.05, 4.69) is 9.97 Å². The van der Waals surface area contributed by atoms with Crippen LogP contribution in [0.4, 0.5) is 0 Å². The second-order valence-corrected chi connectivity index (χ2v) is 6.35. The van der Waals surface area contributed by atoms with Crippen LogP contribution in [0.1, 0.15) is 29.0 Å². The Morgan fingerprint density at radius 3 is 2.46 bits per heavy atom. The van der Waals surface area contributed by atoms with Gasteiger partial charge in [-0.05, 0) is 29.0 Å². The van der Waals surface area contributed by atoms with Crippen LogP contribution in [0.2, 0.25) is 5.02 Å². The summed E-state index contributed by atoms with van der Waals surface area (Å²) in [7, 11) is 0. The van der Waals surface area contributed by atoms with E-state index in [1.54, 1.807) is 6.20 Å². The van der Waals surface area contributed by atoms with Crippen molar-refractivity contribution in [3.63, 3.8) is 0 Å². The van der Waals surface area contributed by atoms with E-state index in [9.17, 15) is 5.11 Å². The third kappa shape index (κ3) is 2.39. The molecule has 0 amide bonds. The maximum absolute atomic E-state index is 10.8. The van der Waals surface area contributed by atoms with E-state index in [-0.39, 0.29) is 0 Å². The monoisotopic (exact) mass is 357 g/mol. The summed E-state index contributed by atoms with van der Waals surface area (Å²) in [5, 5.41) is 11.4. The topological polar surface area (TPSA) is 49.3 Å². The van der Waals surface area contributed by atoms with Crippen LogP contribution in [0, 0.1) is 0 Å². The fraction of sp³-hybridized carbons (Fsp3) is 0.111. The Hall–Kier alpha value is -1.98. The Balaban J connectivity index is 2.02. The third-order valence-corrected chi connectivity index (χ3v) is 4.93. The summed E-state index contributed by atoms with van der Waals surface area (Å²) in [4.78, 5) is 8.40. The first-order chi connectivity index (χ1) is 11.7.